The van der Waals surface area contributed by atoms with E-state index in [4.69, 9.17) is 4.18 Å². The van der Waals surface area contributed by atoms with Crippen molar-refractivity contribution in [2.75, 3.05) is 19.3 Å². The third-order valence-corrected chi connectivity index (χ3v) is 4.64. The van der Waals surface area contributed by atoms with Gasteiger partial charge in [0.05, 0.1) is 24.5 Å². The number of carbonyl (C=O) groups excluding carboxylic acids is 2. The second-order valence-electron chi connectivity index (χ2n) is 6.31. The molecule has 1 fully saturated rings. The van der Waals surface area contributed by atoms with Crippen molar-refractivity contribution in [1.29, 1.82) is 0 Å². The van der Waals surface area contributed by atoms with Crippen LogP contribution >= 0.6 is 0 Å². The fourth-order valence-corrected chi connectivity index (χ4v) is 3.48. The number of alkyl halides is 3. The Labute approximate surface area is 154 Å². The molecule has 1 heterocycles. The summed E-state index contributed by atoms with van der Waals surface area (Å²) >= 11 is 0. The zero-order valence-electron chi connectivity index (χ0n) is 14.6. The third kappa shape index (κ3) is 5.93. The van der Waals surface area contributed by atoms with E-state index in [1.807, 2.05) is 0 Å². The summed E-state index contributed by atoms with van der Waals surface area (Å²) in [6, 6.07) is 3.57. The molecule has 1 aliphatic heterocycles. The number of nitrogens with zero attached hydrogens (tertiary/aromatic N) is 1. The number of halogens is 3. The number of likely N-dealkylation sites (tertiary alicyclic amines) is 1. The highest BCUT2D eigenvalue weighted by Gasteiger charge is 2.35. The summed E-state index contributed by atoms with van der Waals surface area (Å²) in [7, 11) is -3.66. The van der Waals surface area contributed by atoms with E-state index in [2.05, 4.69) is 5.32 Å². The van der Waals surface area contributed by atoms with Gasteiger partial charge in [-0.1, -0.05) is 6.07 Å². The highest BCUT2D eigenvalue weighted by molar-refractivity contribution is 7.86. The van der Waals surface area contributed by atoms with E-state index in [9.17, 15) is 31.2 Å². The lowest BCUT2D eigenvalue weighted by molar-refractivity contribution is -0.137. The first kappa shape index (κ1) is 21.2. The predicted octanol–water partition coefficient (Wildman–Crippen LogP) is 1.40. The molecule has 0 bridgehead atoms. The summed E-state index contributed by atoms with van der Waals surface area (Å²) in [6.07, 6.45) is -4.01. The van der Waals surface area contributed by atoms with E-state index in [1.54, 1.807) is 6.92 Å². The van der Waals surface area contributed by atoms with Crippen LogP contribution in [0.4, 0.5) is 13.2 Å². The number of amides is 2. The van der Waals surface area contributed by atoms with Gasteiger partial charge in [-0.3, -0.25) is 13.8 Å². The van der Waals surface area contributed by atoms with E-state index >= 15 is 0 Å². The van der Waals surface area contributed by atoms with Crippen molar-refractivity contribution in [2.24, 2.45) is 0 Å². The largest absolute Gasteiger partial charge is 0.416 e. The van der Waals surface area contributed by atoms with Gasteiger partial charge in [-0.25, -0.2) is 0 Å². The molecule has 0 unspecified atom stereocenters. The molecule has 7 nitrogen and oxygen atoms in total. The van der Waals surface area contributed by atoms with Crippen LogP contribution in [0.3, 0.4) is 0 Å². The van der Waals surface area contributed by atoms with Crippen LogP contribution in [-0.2, 0) is 25.3 Å². The molecule has 2 atom stereocenters. The molecule has 150 valence electrons. The van der Waals surface area contributed by atoms with Crippen LogP contribution in [0.2, 0.25) is 0 Å². The second-order valence-corrected chi connectivity index (χ2v) is 7.92. The van der Waals surface area contributed by atoms with Crippen molar-refractivity contribution in [1.82, 2.24) is 10.2 Å². The highest BCUT2D eigenvalue weighted by atomic mass is 32.2. The fourth-order valence-electron chi connectivity index (χ4n) is 2.84. The zero-order chi connectivity index (χ0) is 20.4. The van der Waals surface area contributed by atoms with Crippen molar-refractivity contribution < 1.29 is 35.4 Å². The maximum atomic E-state index is 12.7. The molecule has 2 rings (SSSR count). The number of nitrogens with one attached hydrogen (secondary N) is 1. The molecule has 1 N–H and O–H groups in total. The number of carbonyl (C=O) groups is 2. The maximum Gasteiger partial charge on any atom is 0.416 e. The summed E-state index contributed by atoms with van der Waals surface area (Å²) in [5.41, 5.74) is -1.18. The van der Waals surface area contributed by atoms with Gasteiger partial charge in [0, 0.05) is 18.2 Å². The Hall–Kier alpha value is -2.14. The first-order valence-electron chi connectivity index (χ1n) is 8.00. The summed E-state index contributed by atoms with van der Waals surface area (Å²) in [5.74, 6) is -1.30. The van der Waals surface area contributed by atoms with E-state index in [1.165, 1.54) is 11.0 Å². The first-order valence-corrected chi connectivity index (χ1v) is 9.81. The highest BCUT2D eigenvalue weighted by Crippen LogP contribution is 2.29. The van der Waals surface area contributed by atoms with Gasteiger partial charge in [-0.15, -0.1) is 0 Å². The minimum absolute atomic E-state index is 0.0481. The Kier molecular flexibility index (Phi) is 6.15. The van der Waals surface area contributed by atoms with E-state index < -0.39 is 46.3 Å². The van der Waals surface area contributed by atoms with Crippen molar-refractivity contribution in [3.63, 3.8) is 0 Å². The Balaban J connectivity index is 1.94. The van der Waals surface area contributed by atoms with Gasteiger partial charge in [0.1, 0.15) is 0 Å². The number of hydrogen-bond donors (Lipinski definition) is 1. The second kappa shape index (κ2) is 7.85. The van der Waals surface area contributed by atoms with Crippen molar-refractivity contribution in [3.8, 4) is 0 Å². The summed E-state index contributed by atoms with van der Waals surface area (Å²) in [4.78, 5) is 25.6. The number of rotatable bonds is 5. The Morgan fingerprint density at radius 1 is 1.33 bits per heavy atom. The Bertz CT molecular complexity index is 826. The minimum Gasteiger partial charge on any atom is -0.343 e. The van der Waals surface area contributed by atoms with Crippen molar-refractivity contribution in [2.45, 2.75) is 31.7 Å². The smallest absolute Gasteiger partial charge is 0.343 e. The molecular weight excluding hydrogens is 389 g/mol. The lowest BCUT2D eigenvalue weighted by Crippen LogP contribution is -2.42. The van der Waals surface area contributed by atoms with Gasteiger partial charge in [0.25, 0.3) is 16.0 Å². The van der Waals surface area contributed by atoms with E-state index in [-0.39, 0.29) is 18.2 Å². The van der Waals surface area contributed by atoms with Gasteiger partial charge in [-0.05, 0) is 31.5 Å². The maximum absolute atomic E-state index is 12.7. The van der Waals surface area contributed by atoms with Crippen LogP contribution in [0.1, 0.15) is 29.3 Å². The fraction of sp³-hybridized carbons (Fsp3) is 0.500. The average Bonchev–Trinajstić information content (AvgIpc) is 2.90. The minimum atomic E-state index is -4.58. The quantitative estimate of drug-likeness (QED) is 0.744. The van der Waals surface area contributed by atoms with Crippen LogP contribution in [0.5, 0.6) is 0 Å². The first-order chi connectivity index (χ1) is 12.4. The zero-order valence-corrected chi connectivity index (χ0v) is 15.4. The molecule has 0 aromatic heterocycles. The lowest BCUT2D eigenvalue weighted by atomic mass is 10.1. The van der Waals surface area contributed by atoms with Crippen LogP contribution < -0.4 is 5.32 Å². The number of benzene rings is 1. The van der Waals surface area contributed by atoms with E-state index in [0.717, 1.165) is 18.4 Å². The molecule has 1 saturated heterocycles. The predicted molar refractivity (Wildman–Crippen MR) is 89.3 cm³/mol. The SMILES string of the molecule is C[C@@H]1C[C@@H](OS(C)(=O)=O)CN1C(=O)CNC(=O)c1cccc(C(F)(F)F)c1. The summed E-state index contributed by atoms with van der Waals surface area (Å²) < 4.78 is 65.3. The molecule has 1 aromatic rings. The van der Waals surface area contributed by atoms with Gasteiger partial charge in [0.2, 0.25) is 5.91 Å². The Morgan fingerprint density at radius 3 is 2.59 bits per heavy atom. The topological polar surface area (TPSA) is 92.8 Å². The monoisotopic (exact) mass is 408 g/mol. The average molecular weight is 408 g/mol. The molecule has 1 aliphatic rings. The summed E-state index contributed by atoms with van der Waals surface area (Å²) in [5, 5.41) is 2.28. The standard InChI is InChI=1S/C16H19F3N2O5S/c1-10-6-13(26-27(2,24)25)9-21(10)14(22)8-20-15(23)11-4-3-5-12(7-11)16(17,18)19/h3-5,7,10,13H,6,8-9H2,1-2H3,(H,20,23)/t10-,13-/m1/s1. The van der Waals surface area contributed by atoms with Gasteiger partial charge < -0.3 is 10.2 Å². The van der Waals surface area contributed by atoms with Gasteiger partial charge in [-0.2, -0.15) is 21.6 Å². The van der Waals surface area contributed by atoms with Gasteiger partial charge in [0.15, 0.2) is 0 Å². The lowest BCUT2D eigenvalue weighted by Gasteiger charge is -2.21. The van der Waals surface area contributed by atoms with E-state index in [0.29, 0.717) is 12.5 Å². The molecule has 2 amide bonds. The normalized spacial score (nSPS) is 20.6. The molecule has 27 heavy (non-hydrogen) atoms. The van der Waals surface area contributed by atoms with Crippen LogP contribution in [0.15, 0.2) is 24.3 Å². The molecule has 0 aliphatic carbocycles. The van der Waals surface area contributed by atoms with Crippen LogP contribution in [0.25, 0.3) is 0 Å². The van der Waals surface area contributed by atoms with Gasteiger partial charge >= 0.3 is 6.18 Å². The van der Waals surface area contributed by atoms with Crippen molar-refractivity contribution >= 4 is 21.9 Å². The molecule has 0 radical (unpaired) electrons. The van der Waals surface area contributed by atoms with Crippen LogP contribution in [0, 0.1) is 0 Å². The number of hydrogen-bond acceptors (Lipinski definition) is 5. The Morgan fingerprint density at radius 2 is 2.00 bits per heavy atom. The molecule has 0 saturated carbocycles. The van der Waals surface area contributed by atoms with Crippen molar-refractivity contribution in [3.05, 3.63) is 35.4 Å². The molecule has 1 aromatic carbocycles. The molecule has 0 spiro atoms. The molecular formula is C16H19F3N2O5S. The van der Waals surface area contributed by atoms with Crippen LogP contribution in [-0.4, -0.2) is 56.6 Å². The molecule has 11 heteroatoms. The summed E-state index contributed by atoms with van der Waals surface area (Å²) in [6.45, 7) is 1.33. The third-order valence-electron chi connectivity index (χ3n) is 4.02.